The molecule has 0 heterocycles. The molecule has 10 aromatic rings. The first-order valence-corrected chi connectivity index (χ1v) is 26.8. The summed E-state index contributed by atoms with van der Waals surface area (Å²) in [7, 11) is 0. The van der Waals surface area contributed by atoms with Crippen molar-refractivity contribution in [3.05, 3.63) is 329 Å². The van der Waals surface area contributed by atoms with Crippen LogP contribution in [0.25, 0.3) is 61.2 Å². The van der Waals surface area contributed by atoms with Gasteiger partial charge in [-0.1, -0.05) is 255 Å². The maximum absolute atomic E-state index is 2.72. The van der Waals surface area contributed by atoms with Crippen molar-refractivity contribution < 1.29 is 0 Å². The van der Waals surface area contributed by atoms with Crippen molar-refractivity contribution in [1.29, 1.82) is 0 Å². The summed E-state index contributed by atoms with van der Waals surface area (Å²) in [6.45, 7) is 0. The third-order valence-electron chi connectivity index (χ3n) is 17.8. The van der Waals surface area contributed by atoms with E-state index in [1.165, 1.54) is 128 Å². The van der Waals surface area contributed by atoms with Gasteiger partial charge in [-0.15, -0.1) is 0 Å². The van der Waals surface area contributed by atoms with E-state index < -0.39 is 10.8 Å². The van der Waals surface area contributed by atoms with E-state index in [1.807, 2.05) is 0 Å². The molecule has 0 saturated heterocycles. The van der Waals surface area contributed by atoms with Gasteiger partial charge in [0.15, 0.2) is 0 Å². The minimum Gasteiger partial charge on any atom is -0.333 e. The summed E-state index contributed by atoms with van der Waals surface area (Å²) in [5.41, 5.74) is 29.4. The van der Waals surface area contributed by atoms with Gasteiger partial charge in [0.25, 0.3) is 0 Å². The van der Waals surface area contributed by atoms with Gasteiger partial charge in [-0.05, 0) is 142 Å². The maximum Gasteiger partial charge on any atom is 0.0726 e. The molecule has 0 aromatic heterocycles. The fourth-order valence-corrected chi connectivity index (χ4v) is 15.0. The molecule has 0 aliphatic heterocycles. The predicted molar refractivity (Wildman–Crippen MR) is 311 cm³/mol. The van der Waals surface area contributed by atoms with Gasteiger partial charge >= 0.3 is 0 Å². The molecule has 2 atom stereocenters. The molecule has 1 nitrogen and oxygen atoms in total. The molecule has 10 aromatic carbocycles. The first-order valence-electron chi connectivity index (χ1n) is 26.8. The second-order valence-electron chi connectivity index (χ2n) is 21.2. The van der Waals surface area contributed by atoms with Gasteiger partial charge in [-0.3, -0.25) is 0 Å². The number of anilines is 2. The molecule has 75 heavy (non-hydrogen) atoms. The standard InChI is InChI=1S/C74H51N/c1-2-22-48(23-3-1)51-24-4-5-25-52(51)49-44-46-50(47-45-49)75(70-43-21-41-68-72(70)60-32-11-18-39-66(60)74(68)63-36-15-8-28-55(63)56-29-9-16-37-64(56)74)69-42-19-12-30-57(69)58-33-20-40-67-71(58)59-31-10-17-38-65(59)73(67)61-34-13-6-26-53(61)54-27-7-14-35-62(54)73/h1-22,24-41,43-48,69H,23,42H2. The quantitative estimate of drug-likeness (QED) is 0.161. The largest absolute Gasteiger partial charge is 0.333 e. The van der Waals surface area contributed by atoms with Crippen molar-refractivity contribution in [3.8, 4) is 55.6 Å². The lowest BCUT2D eigenvalue weighted by Crippen LogP contribution is -2.34. The van der Waals surface area contributed by atoms with Gasteiger partial charge < -0.3 is 4.90 Å². The Morgan fingerprint density at radius 3 is 1.33 bits per heavy atom. The van der Waals surface area contributed by atoms with Crippen LogP contribution in [0.1, 0.15) is 74.4 Å². The van der Waals surface area contributed by atoms with Crippen LogP contribution in [0.3, 0.4) is 0 Å². The van der Waals surface area contributed by atoms with E-state index in [1.54, 1.807) is 0 Å². The van der Waals surface area contributed by atoms with Gasteiger partial charge in [-0.25, -0.2) is 0 Å². The topological polar surface area (TPSA) is 3.24 Å². The zero-order valence-corrected chi connectivity index (χ0v) is 41.5. The Kier molecular flexibility index (Phi) is 9.19. The summed E-state index contributed by atoms with van der Waals surface area (Å²) in [4.78, 5) is 2.72. The lowest BCUT2D eigenvalue weighted by atomic mass is 9.70. The summed E-state index contributed by atoms with van der Waals surface area (Å²) >= 11 is 0. The Balaban J connectivity index is 0.931. The van der Waals surface area contributed by atoms with Crippen LogP contribution in [0.5, 0.6) is 0 Å². The summed E-state index contributed by atoms with van der Waals surface area (Å²) < 4.78 is 0. The monoisotopic (exact) mass is 953 g/mol. The Morgan fingerprint density at radius 2 is 0.773 bits per heavy atom. The van der Waals surface area contributed by atoms with Crippen LogP contribution in [0.4, 0.5) is 11.4 Å². The molecule has 0 fully saturated rings. The molecule has 1 heteroatoms. The lowest BCUT2D eigenvalue weighted by molar-refractivity contribution is 0.786. The van der Waals surface area contributed by atoms with Crippen LogP contribution in [0.2, 0.25) is 0 Å². The van der Waals surface area contributed by atoms with Crippen LogP contribution in [0, 0.1) is 0 Å². The summed E-state index contributed by atoms with van der Waals surface area (Å²) in [5.74, 6) is 0.345. The molecule has 2 unspecified atom stereocenters. The molecule has 16 rings (SSSR count). The van der Waals surface area contributed by atoms with E-state index in [0.29, 0.717) is 5.92 Å². The van der Waals surface area contributed by atoms with Gasteiger partial charge in [0.05, 0.1) is 16.9 Å². The van der Waals surface area contributed by atoms with E-state index in [0.717, 1.165) is 12.8 Å². The van der Waals surface area contributed by atoms with Crippen LogP contribution >= 0.6 is 0 Å². The molecule has 2 spiro atoms. The molecule has 0 N–H and O–H groups in total. The summed E-state index contributed by atoms with van der Waals surface area (Å²) in [6, 6.07) is 88.0. The van der Waals surface area contributed by atoms with Crippen LogP contribution < -0.4 is 4.90 Å². The first kappa shape index (κ1) is 42.5. The van der Waals surface area contributed by atoms with Gasteiger partial charge in [0.1, 0.15) is 0 Å². The van der Waals surface area contributed by atoms with E-state index in [4.69, 9.17) is 0 Å². The van der Waals surface area contributed by atoms with Crippen molar-refractivity contribution in [1.82, 2.24) is 0 Å². The highest BCUT2D eigenvalue weighted by Crippen LogP contribution is 2.66. The van der Waals surface area contributed by atoms with Crippen molar-refractivity contribution in [3.63, 3.8) is 0 Å². The number of fused-ring (bicyclic) bond motifs is 20. The SMILES string of the molecule is C1=CCC(c2ccccc2-c2ccc(N(c3cccc4c3-c3ccccc3C43c4ccccc4-c4ccccc43)C3CC=CC=C3c3cccc4c3-c3ccccc3C43c4ccccc4-c4ccccc43)cc2)C=C1. The normalized spacial score (nSPS) is 17.6. The highest BCUT2D eigenvalue weighted by Gasteiger charge is 2.54. The Morgan fingerprint density at radius 1 is 0.333 bits per heavy atom. The summed E-state index contributed by atoms with van der Waals surface area (Å²) in [5, 5.41) is 0. The zero-order valence-electron chi connectivity index (χ0n) is 41.5. The summed E-state index contributed by atoms with van der Waals surface area (Å²) in [6.07, 6.45) is 18.0. The minimum absolute atomic E-state index is 0.0518. The number of benzene rings is 10. The van der Waals surface area contributed by atoms with E-state index in [2.05, 4.69) is 278 Å². The molecule has 6 aliphatic rings. The molecular formula is C74H51N. The van der Waals surface area contributed by atoms with Gasteiger partial charge in [0, 0.05) is 22.9 Å². The Labute approximate surface area is 439 Å². The number of rotatable bonds is 6. The third-order valence-corrected chi connectivity index (χ3v) is 17.8. The fourth-order valence-electron chi connectivity index (χ4n) is 15.0. The van der Waals surface area contributed by atoms with Crippen LogP contribution in [-0.2, 0) is 10.8 Å². The average molecular weight is 954 g/mol. The average Bonchev–Trinajstić information content (AvgIpc) is 4.25. The van der Waals surface area contributed by atoms with Crippen LogP contribution in [-0.4, -0.2) is 6.04 Å². The van der Waals surface area contributed by atoms with E-state index >= 15 is 0 Å². The number of nitrogens with zero attached hydrogens (tertiary/aromatic N) is 1. The fraction of sp³-hybridized carbons (Fsp3) is 0.0811. The predicted octanol–water partition coefficient (Wildman–Crippen LogP) is 18.2. The Hall–Kier alpha value is -9.04. The van der Waals surface area contributed by atoms with Crippen molar-refractivity contribution in [2.75, 3.05) is 4.90 Å². The first-order chi connectivity index (χ1) is 37.3. The molecule has 0 bridgehead atoms. The number of allylic oxidation sites excluding steroid dienone is 6. The Bertz CT molecular complexity index is 4060. The number of hydrogen-bond donors (Lipinski definition) is 0. The molecule has 0 saturated carbocycles. The molecular weight excluding hydrogens is 903 g/mol. The minimum atomic E-state index is -0.464. The molecule has 352 valence electrons. The second kappa shape index (κ2) is 16.2. The van der Waals surface area contributed by atoms with Crippen molar-refractivity contribution >= 4 is 16.9 Å². The van der Waals surface area contributed by atoms with Gasteiger partial charge in [-0.2, -0.15) is 0 Å². The highest BCUT2D eigenvalue weighted by molar-refractivity contribution is 6.03. The van der Waals surface area contributed by atoms with Crippen LogP contribution in [0.15, 0.2) is 273 Å². The van der Waals surface area contributed by atoms with Crippen molar-refractivity contribution in [2.24, 2.45) is 0 Å². The van der Waals surface area contributed by atoms with Crippen molar-refractivity contribution in [2.45, 2.75) is 35.6 Å². The number of hydrogen-bond acceptors (Lipinski definition) is 1. The zero-order chi connectivity index (χ0) is 49.2. The maximum atomic E-state index is 2.72. The van der Waals surface area contributed by atoms with E-state index in [-0.39, 0.29) is 6.04 Å². The smallest absolute Gasteiger partial charge is 0.0726 e. The second-order valence-corrected chi connectivity index (χ2v) is 21.2. The highest BCUT2D eigenvalue weighted by atomic mass is 15.2. The molecule has 0 radical (unpaired) electrons. The molecule has 6 aliphatic carbocycles. The lowest BCUT2D eigenvalue weighted by Gasteiger charge is -2.39. The molecule has 0 amide bonds. The van der Waals surface area contributed by atoms with E-state index in [9.17, 15) is 0 Å². The third kappa shape index (κ3) is 5.68. The van der Waals surface area contributed by atoms with Gasteiger partial charge in [0.2, 0.25) is 0 Å².